The smallest absolute Gasteiger partial charge is 0.0675 e. The molecule has 0 fully saturated rings. The second-order valence-electron chi connectivity index (χ2n) is 4.47. The van der Waals surface area contributed by atoms with Gasteiger partial charge in [0.15, 0.2) is 0 Å². The molecule has 0 saturated heterocycles. The molecule has 3 nitrogen and oxygen atoms in total. The Morgan fingerprint density at radius 3 is 2.78 bits per heavy atom. The topological polar surface area (TPSA) is 29.9 Å². The average Bonchev–Trinajstić information content (AvgIpc) is 2.68. The third-order valence-corrected chi connectivity index (χ3v) is 3.29. The quantitative estimate of drug-likeness (QED) is 0.919. The summed E-state index contributed by atoms with van der Waals surface area (Å²) < 4.78 is 1.94. The Morgan fingerprint density at radius 2 is 2.11 bits per heavy atom. The molecule has 2 rings (SSSR count). The molecule has 0 aliphatic heterocycles. The standard InChI is InChI=1S/C14H18ClN3/c1-10-8-13(15)4-5-14(10)18-9-12(6-7-16-3)11(2)17-18/h4-5,8-9,16H,6-7H2,1-3H3. The molecule has 1 N–H and O–H groups in total. The maximum Gasteiger partial charge on any atom is 0.0675 e. The van der Waals surface area contributed by atoms with E-state index in [0.717, 1.165) is 34.9 Å². The van der Waals surface area contributed by atoms with Crippen LogP contribution in [0.1, 0.15) is 16.8 Å². The molecule has 0 amide bonds. The fraction of sp³-hybridized carbons (Fsp3) is 0.357. The van der Waals surface area contributed by atoms with Gasteiger partial charge in [-0.05, 0) is 63.2 Å². The molecule has 0 bridgehead atoms. The molecule has 1 aromatic heterocycles. The summed E-state index contributed by atoms with van der Waals surface area (Å²) in [6.45, 7) is 5.06. The summed E-state index contributed by atoms with van der Waals surface area (Å²) in [5.41, 5.74) is 4.57. The van der Waals surface area contributed by atoms with Crippen molar-refractivity contribution in [1.29, 1.82) is 0 Å². The monoisotopic (exact) mass is 263 g/mol. The molecule has 0 radical (unpaired) electrons. The number of nitrogens with one attached hydrogen (secondary N) is 1. The van der Waals surface area contributed by atoms with E-state index < -0.39 is 0 Å². The molecular weight excluding hydrogens is 246 g/mol. The predicted octanol–water partition coefficient (Wildman–Crippen LogP) is 2.90. The van der Waals surface area contributed by atoms with Gasteiger partial charge >= 0.3 is 0 Å². The third-order valence-electron chi connectivity index (χ3n) is 3.05. The van der Waals surface area contributed by atoms with Gasteiger partial charge in [-0.25, -0.2) is 4.68 Å². The number of rotatable bonds is 4. The van der Waals surface area contributed by atoms with Crippen molar-refractivity contribution in [2.45, 2.75) is 20.3 Å². The van der Waals surface area contributed by atoms with Crippen LogP contribution in [0.2, 0.25) is 5.02 Å². The molecule has 0 atom stereocenters. The fourth-order valence-corrected chi connectivity index (χ4v) is 2.23. The van der Waals surface area contributed by atoms with Crippen molar-refractivity contribution in [2.75, 3.05) is 13.6 Å². The minimum atomic E-state index is 0.760. The average molecular weight is 264 g/mol. The van der Waals surface area contributed by atoms with Crippen LogP contribution in [0.3, 0.4) is 0 Å². The summed E-state index contributed by atoms with van der Waals surface area (Å²) >= 11 is 5.97. The van der Waals surface area contributed by atoms with Gasteiger partial charge in [0.05, 0.1) is 11.4 Å². The lowest BCUT2D eigenvalue weighted by molar-refractivity contribution is 0.788. The Kier molecular flexibility index (Phi) is 4.04. The zero-order valence-corrected chi connectivity index (χ0v) is 11.8. The van der Waals surface area contributed by atoms with E-state index >= 15 is 0 Å². The van der Waals surface area contributed by atoms with Crippen molar-refractivity contribution >= 4 is 11.6 Å². The molecule has 0 aliphatic rings. The van der Waals surface area contributed by atoms with Gasteiger partial charge in [0.25, 0.3) is 0 Å². The van der Waals surface area contributed by atoms with Gasteiger partial charge in [0, 0.05) is 11.2 Å². The van der Waals surface area contributed by atoms with Gasteiger partial charge in [-0.2, -0.15) is 5.10 Å². The second-order valence-corrected chi connectivity index (χ2v) is 4.91. The summed E-state index contributed by atoms with van der Waals surface area (Å²) in [6, 6.07) is 5.86. The Labute approximate surface area is 113 Å². The first-order valence-corrected chi connectivity index (χ1v) is 6.46. The van der Waals surface area contributed by atoms with Gasteiger partial charge in [0.2, 0.25) is 0 Å². The van der Waals surface area contributed by atoms with E-state index in [0.29, 0.717) is 0 Å². The predicted molar refractivity (Wildman–Crippen MR) is 75.7 cm³/mol. The first-order chi connectivity index (χ1) is 8.61. The van der Waals surface area contributed by atoms with E-state index in [1.165, 1.54) is 5.56 Å². The summed E-state index contributed by atoms with van der Waals surface area (Å²) in [5.74, 6) is 0. The minimum Gasteiger partial charge on any atom is -0.319 e. The number of likely N-dealkylation sites (N-methyl/N-ethyl adjacent to an activating group) is 1. The van der Waals surface area contributed by atoms with Crippen LogP contribution >= 0.6 is 11.6 Å². The number of hydrogen-bond donors (Lipinski definition) is 1. The van der Waals surface area contributed by atoms with Crippen molar-refractivity contribution < 1.29 is 0 Å². The van der Waals surface area contributed by atoms with Gasteiger partial charge in [0.1, 0.15) is 0 Å². The molecule has 96 valence electrons. The van der Waals surface area contributed by atoms with E-state index in [1.54, 1.807) is 0 Å². The van der Waals surface area contributed by atoms with Gasteiger partial charge < -0.3 is 5.32 Å². The number of aryl methyl sites for hydroxylation is 2. The molecule has 1 heterocycles. The molecule has 2 aromatic rings. The maximum absolute atomic E-state index is 5.97. The lowest BCUT2D eigenvalue weighted by atomic mass is 10.2. The van der Waals surface area contributed by atoms with E-state index in [1.807, 2.05) is 43.8 Å². The largest absolute Gasteiger partial charge is 0.319 e. The van der Waals surface area contributed by atoms with Gasteiger partial charge in [-0.15, -0.1) is 0 Å². The van der Waals surface area contributed by atoms with Crippen molar-refractivity contribution in [3.63, 3.8) is 0 Å². The summed E-state index contributed by atoms with van der Waals surface area (Å²) in [5, 5.41) is 8.49. The molecule has 1 aromatic carbocycles. The van der Waals surface area contributed by atoms with Crippen LogP contribution in [0.4, 0.5) is 0 Å². The van der Waals surface area contributed by atoms with Gasteiger partial charge in [-0.3, -0.25) is 0 Å². The van der Waals surface area contributed by atoms with Crippen LogP contribution in [0.15, 0.2) is 24.4 Å². The summed E-state index contributed by atoms with van der Waals surface area (Å²) in [7, 11) is 1.96. The van der Waals surface area contributed by atoms with Crippen LogP contribution < -0.4 is 5.32 Å². The minimum absolute atomic E-state index is 0.760. The zero-order valence-electron chi connectivity index (χ0n) is 11.0. The number of benzene rings is 1. The SMILES string of the molecule is CNCCc1cn(-c2ccc(Cl)cc2C)nc1C. The highest BCUT2D eigenvalue weighted by molar-refractivity contribution is 6.30. The normalized spacial score (nSPS) is 10.9. The summed E-state index contributed by atoms with van der Waals surface area (Å²) in [4.78, 5) is 0. The fourth-order valence-electron chi connectivity index (χ4n) is 2.00. The van der Waals surface area contributed by atoms with E-state index in [-0.39, 0.29) is 0 Å². The highest BCUT2D eigenvalue weighted by atomic mass is 35.5. The molecule has 0 unspecified atom stereocenters. The van der Waals surface area contributed by atoms with Crippen LogP contribution in [-0.2, 0) is 6.42 Å². The number of nitrogens with zero attached hydrogens (tertiary/aromatic N) is 2. The van der Waals surface area contributed by atoms with Gasteiger partial charge in [-0.1, -0.05) is 11.6 Å². The Morgan fingerprint density at radius 1 is 1.33 bits per heavy atom. The summed E-state index contributed by atoms with van der Waals surface area (Å²) in [6.07, 6.45) is 3.10. The maximum atomic E-state index is 5.97. The van der Waals surface area contributed by atoms with Crippen molar-refractivity contribution in [3.05, 3.63) is 46.2 Å². The zero-order chi connectivity index (χ0) is 13.1. The van der Waals surface area contributed by atoms with Crippen LogP contribution in [0.25, 0.3) is 5.69 Å². The number of halogens is 1. The van der Waals surface area contributed by atoms with E-state index in [4.69, 9.17) is 11.6 Å². The number of hydrogen-bond acceptors (Lipinski definition) is 2. The highest BCUT2D eigenvalue weighted by Gasteiger charge is 2.08. The van der Waals surface area contributed by atoms with Crippen molar-refractivity contribution in [2.24, 2.45) is 0 Å². The molecular formula is C14H18ClN3. The molecule has 0 saturated carbocycles. The lowest BCUT2D eigenvalue weighted by Crippen LogP contribution is -2.10. The first-order valence-electron chi connectivity index (χ1n) is 6.08. The lowest BCUT2D eigenvalue weighted by Gasteiger charge is -2.05. The van der Waals surface area contributed by atoms with Crippen LogP contribution in [0.5, 0.6) is 0 Å². The van der Waals surface area contributed by atoms with Crippen LogP contribution in [-0.4, -0.2) is 23.4 Å². The first kappa shape index (κ1) is 13.1. The van der Waals surface area contributed by atoms with Crippen LogP contribution in [0, 0.1) is 13.8 Å². The van der Waals surface area contributed by atoms with E-state index in [2.05, 4.69) is 16.6 Å². The van der Waals surface area contributed by atoms with E-state index in [9.17, 15) is 0 Å². The molecule has 0 spiro atoms. The Balaban J connectivity index is 2.33. The number of aromatic nitrogens is 2. The van der Waals surface area contributed by atoms with Crippen molar-refractivity contribution in [3.8, 4) is 5.69 Å². The Bertz CT molecular complexity index is 546. The molecule has 18 heavy (non-hydrogen) atoms. The Hall–Kier alpha value is -1.32. The highest BCUT2D eigenvalue weighted by Crippen LogP contribution is 2.20. The molecule has 4 heteroatoms. The third kappa shape index (κ3) is 2.74. The van der Waals surface area contributed by atoms with Crippen molar-refractivity contribution in [1.82, 2.24) is 15.1 Å². The molecule has 0 aliphatic carbocycles. The second kappa shape index (κ2) is 5.55.